The Kier molecular flexibility index (Phi) is 6.68. The summed E-state index contributed by atoms with van der Waals surface area (Å²) >= 11 is 0. The fraction of sp³-hybridized carbons (Fsp3) is 0.208. The van der Waals surface area contributed by atoms with Gasteiger partial charge in [-0.2, -0.15) is 0 Å². The SMILES string of the molecule is CCOc1ccc(CNC(=O)c2ccc(-c3ccccc3)cc2)cc1OCC. The minimum atomic E-state index is -0.105. The van der Waals surface area contributed by atoms with E-state index in [0.29, 0.717) is 31.1 Å². The van der Waals surface area contributed by atoms with E-state index in [1.54, 1.807) is 0 Å². The third-order valence-corrected chi connectivity index (χ3v) is 4.32. The van der Waals surface area contributed by atoms with Gasteiger partial charge in [-0.15, -0.1) is 0 Å². The van der Waals surface area contributed by atoms with Gasteiger partial charge < -0.3 is 14.8 Å². The van der Waals surface area contributed by atoms with Crippen LogP contribution < -0.4 is 14.8 Å². The van der Waals surface area contributed by atoms with Gasteiger partial charge in [0.2, 0.25) is 0 Å². The lowest BCUT2D eigenvalue weighted by atomic mass is 10.0. The molecule has 28 heavy (non-hydrogen) atoms. The second kappa shape index (κ2) is 9.60. The van der Waals surface area contributed by atoms with E-state index in [4.69, 9.17) is 9.47 Å². The smallest absolute Gasteiger partial charge is 0.251 e. The van der Waals surface area contributed by atoms with Gasteiger partial charge in [0, 0.05) is 12.1 Å². The van der Waals surface area contributed by atoms with Crippen molar-refractivity contribution in [1.82, 2.24) is 5.32 Å². The van der Waals surface area contributed by atoms with E-state index in [-0.39, 0.29) is 5.91 Å². The quantitative estimate of drug-likeness (QED) is 0.597. The van der Waals surface area contributed by atoms with Crippen molar-refractivity contribution in [3.63, 3.8) is 0 Å². The molecular formula is C24H25NO3. The van der Waals surface area contributed by atoms with Gasteiger partial charge in [-0.3, -0.25) is 4.79 Å². The Bertz CT molecular complexity index is 905. The number of nitrogens with one attached hydrogen (secondary N) is 1. The highest BCUT2D eigenvalue weighted by atomic mass is 16.5. The van der Waals surface area contributed by atoms with Crippen LogP contribution >= 0.6 is 0 Å². The van der Waals surface area contributed by atoms with Crippen LogP contribution in [0.25, 0.3) is 11.1 Å². The average molecular weight is 375 g/mol. The molecule has 0 radical (unpaired) electrons. The monoisotopic (exact) mass is 375 g/mol. The maximum Gasteiger partial charge on any atom is 0.251 e. The summed E-state index contributed by atoms with van der Waals surface area (Å²) in [5.74, 6) is 1.31. The number of carbonyl (C=O) groups is 1. The molecule has 0 aliphatic heterocycles. The first-order chi connectivity index (χ1) is 13.7. The van der Waals surface area contributed by atoms with E-state index < -0.39 is 0 Å². The molecule has 0 aliphatic carbocycles. The van der Waals surface area contributed by atoms with Crippen LogP contribution in [0.1, 0.15) is 29.8 Å². The Morgan fingerprint density at radius 1 is 0.786 bits per heavy atom. The molecule has 144 valence electrons. The van der Waals surface area contributed by atoms with Gasteiger partial charge in [0.1, 0.15) is 0 Å². The van der Waals surface area contributed by atoms with Gasteiger partial charge in [-0.1, -0.05) is 48.5 Å². The molecule has 0 bridgehead atoms. The molecule has 0 heterocycles. The normalized spacial score (nSPS) is 10.4. The van der Waals surface area contributed by atoms with E-state index in [0.717, 1.165) is 22.4 Å². The van der Waals surface area contributed by atoms with Crippen LogP contribution in [0.4, 0.5) is 0 Å². The Labute approximate surface area is 166 Å². The van der Waals surface area contributed by atoms with Crippen LogP contribution in [0.5, 0.6) is 11.5 Å². The van der Waals surface area contributed by atoms with Crippen LogP contribution in [0, 0.1) is 0 Å². The number of carbonyl (C=O) groups excluding carboxylic acids is 1. The molecule has 3 rings (SSSR count). The van der Waals surface area contributed by atoms with Gasteiger partial charge in [0.25, 0.3) is 5.91 Å². The van der Waals surface area contributed by atoms with E-state index in [2.05, 4.69) is 17.4 Å². The highest BCUT2D eigenvalue weighted by Crippen LogP contribution is 2.28. The highest BCUT2D eigenvalue weighted by molar-refractivity contribution is 5.94. The molecule has 0 aliphatic rings. The molecule has 3 aromatic carbocycles. The minimum Gasteiger partial charge on any atom is -0.490 e. The number of amides is 1. The van der Waals surface area contributed by atoms with Crippen molar-refractivity contribution in [2.45, 2.75) is 20.4 Å². The zero-order valence-electron chi connectivity index (χ0n) is 16.3. The molecule has 0 saturated carbocycles. The molecule has 1 amide bonds. The lowest BCUT2D eigenvalue weighted by molar-refractivity contribution is 0.0951. The molecule has 4 nitrogen and oxygen atoms in total. The Hall–Kier alpha value is -3.27. The van der Waals surface area contributed by atoms with Crippen molar-refractivity contribution >= 4 is 5.91 Å². The highest BCUT2D eigenvalue weighted by Gasteiger charge is 2.09. The van der Waals surface area contributed by atoms with Crippen LogP contribution in [0.15, 0.2) is 72.8 Å². The predicted octanol–water partition coefficient (Wildman–Crippen LogP) is 5.08. The van der Waals surface area contributed by atoms with Crippen molar-refractivity contribution < 1.29 is 14.3 Å². The topological polar surface area (TPSA) is 47.6 Å². The largest absolute Gasteiger partial charge is 0.490 e. The van der Waals surface area contributed by atoms with Gasteiger partial charge in [-0.05, 0) is 54.8 Å². The number of rotatable bonds is 8. The fourth-order valence-electron chi connectivity index (χ4n) is 2.93. The molecule has 1 N–H and O–H groups in total. The van der Waals surface area contributed by atoms with Crippen LogP contribution in [-0.2, 0) is 6.54 Å². The third kappa shape index (κ3) is 4.92. The molecule has 4 heteroatoms. The number of hydrogen-bond acceptors (Lipinski definition) is 3. The van der Waals surface area contributed by atoms with Gasteiger partial charge in [0.05, 0.1) is 13.2 Å². The summed E-state index contributed by atoms with van der Waals surface area (Å²) in [5, 5.41) is 2.96. The first kappa shape index (κ1) is 19.5. The molecule has 0 unspecified atom stereocenters. The third-order valence-electron chi connectivity index (χ3n) is 4.32. The second-order valence-corrected chi connectivity index (χ2v) is 6.27. The lowest BCUT2D eigenvalue weighted by Crippen LogP contribution is -2.22. The first-order valence-corrected chi connectivity index (χ1v) is 9.53. The standard InChI is InChI=1S/C24H25NO3/c1-3-27-22-15-10-18(16-23(22)28-4-2)17-25-24(26)21-13-11-20(12-14-21)19-8-6-5-7-9-19/h5-16H,3-4,17H2,1-2H3,(H,25,26). The molecular weight excluding hydrogens is 350 g/mol. The first-order valence-electron chi connectivity index (χ1n) is 9.53. The van der Waals surface area contributed by atoms with Crippen LogP contribution in [0.3, 0.4) is 0 Å². The van der Waals surface area contributed by atoms with Crippen molar-refractivity contribution in [3.8, 4) is 22.6 Å². The molecule has 0 saturated heterocycles. The zero-order valence-corrected chi connectivity index (χ0v) is 16.3. The molecule has 3 aromatic rings. The summed E-state index contributed by atoms with van der Waals surface area (Å²) < 4.78 is 11.2. The minimum absolute atomic E-state index is 0.105. The Morgan fingerprint density at radius 3 is 2.11 bits per heavy atom. The summed E-state index contributed by atoms with van der Waals surface area (Å²) in [5.41, 5.74) is 3.81. The van der Waals surface area contributed by atoms with Crippen molar-refractivity contribution in [1.29, 1.82) is 0 Å². The number of hydrogen-bond donors (Lipinski definition) is 1. The predicted molar refractivity (Wildman–Crippen MR) is 112 cm³/mol. The maximum atomic E-state index is 12.5. The van der Waals surface area contributed by atoms with E-state index in [1.165, 1.54) is 0 Å². The zero-order chi connectivity index (χ0) is 19.8. The van der Waals surface area contributed by atoms with Crippen molar-refractivity contribution in [3.05, 3.63) is 83.9 Å². The summed E-state index contributed by atoms with van der Waals surface area (Å²) in [4.78, 5) is 12.5. The van der Waals surface area contributed by atoms with Gasteiger partial charge in [-0.25, -0.2) is 0 Å². The summed E-state index contributed by atoms with van der Waals surface area (Å²) in [7, 11) is 0. The summed E-state index contributed by atoms with van der Waals surface area (Å²) in [6.07, 6.45) is 0. The van der Waals surface area contributed by atoms with E-state index in [9.17, 15) is 4.79 Å². The number of benzene rings is 3. The molecule has 0 fully saturated rings. The van der Waals surface area contributed by atoms with Crippen molar-refractivity contribution in [2.24, 2.45) is 0 Å². The Balaban J connectivity index is 1.64. The Morgan fingerprint density at radius 2 is 1.43 bits per heavy atom. The number of ether oxygens (including phenoxy) is 2. The average Bonchev–Trinajstić information content (AvgIpc) is 2.75. The molecule has 0 atom stereocenters. The molecule has 0 spiro atoms. The van der Waals surface area contributed by atoms with Crippen molar-refractivity contribution in [2.75, 3.05) is 13.2 Å². The second-order valence-electron chi connectivity index (χ2n) is 6.27. The van der Waals surface area contributed by atoms with Crippen LogP contribution in [-0.4, -0.2) is 19.1 Å². The van der Waals surface area contributed by atoms with Gasteiger partial charge >= 0.3 is 0 Å². The lowest BCUT2D eigenvalue weighted by Gasteiger charge is -2.13. The summed E-state index contributed by atoms with van der Waals surface area (Å²) in [6, 6.07) is 23.5. The summed E-state index contributed by atoms with van der Waals surface area (Å²) in [6.45, 7) is 5.43. The van der Waals surface area contributed by atoms with E-state index in [1.807, 2.05) is 74.5 Å². The van der Waals surface area contributed by atoms with E-state index >= 15 is 0 Å². The fourth-order valence-corrected chi connectivity index (χ4v) is 2.93. The maximum absolute atomic E-state index is 12.5. The molecule has 0 aromatic heterocycles. The van der Waals surface area contributed by atoms with Gasteiger partial charge in [0.15, 0.2) is 11.5 Å². The van der Waals surface area contributed by atoms with Crippen LogP contribution in [0.2, 0.25) is 0 Å².